The molecule has 0 aliphatic rings. The van der Waals surface area contributed by atoms with Gasteiger partial charge in [-0.05, 0) is 49.7 Å². The highest BCUT2D eigenvalue weighted by atomic mass is 16.2. The van der Waals surface area contributed by atoms with Crippen LogP contribution in [0.3, 0.4) is 0 Å². The van der Waals surface area contributed by atoms with Crippen molar-refractivity contribution in [1.29, 1.82) is 0 Å². The van der Waals surface area contributed by atoms with Gasteiger partial charge in [0.05, 0.1) is 16.7 Å². The number of aryl methyl sites for hydroxylation is 2. The molecule has 7 heteroatoms. The van der Waals surface area contributed by atoms with Crippen LogP contribution in [0.25, 0.3) is 28.1 Å². The van der Waals surface area contributed by atoms with Crippen LogP contribution in [0, 0.1) is 13.8 Å². The number of imidazole rings is 1. The van der Waals surface area contributed by atoms with Gasteiger partial charge in [0.2, 0.25) is 11.7 Å². The van der Waals surface area contributed by atoms with Crippen molar-refractivity contribution in [1.82, 2.24) is 18.9 Å². The molecule has 0 aliphatic heterocycles. The summed E-state index contributed by atoms with van der Waals surface area (Å²) in [6.07, 6.45) is 3.33. The van der Waals surface area contributed by atoms with Crippen LogP contribution in [0.5, 0.6) is 0 Å². The van der Waals surface area contributed by atoms with Crippen LogP contribution < -0.4 is 10.9 Å². The number of carbonyl (C=O) groups excluding carboxylic acids is 1. The van der Waals surface area contributed by atoms with Crippen LogP contribution in [-0.4, -0.2) is 24.8 Å². The summed E-state index contributed by atoms with van der Waals surface area (Å²) in [4.78, 5) is 34.9. The summed E-state index contributed by atoms with van der Waals surface area (Å²) >= 11 is 0. The highest BCUT2D eigenvalue weighted by molar-refractivity contribution is 5.93. The molecule has 0 atom stereocenters. The lowest BCUT2D eigenvalue weighted by Crippen LogP contribution is -2.21. The number of benzene rings is 2. The zero-order valence-corrected chi connectivity index (χ0v) is 17.7. The summed E-state index contributed by atoms with van der Waals surface area (Å²) in [7, 11) is 0. The molecule has 3 heterocycles. The second-order valence-corrected chi connectivity index (χ2v) is 7.80. The molecule has 0 spiro atoms. The van der Waals surface area contributed by atoms with E-state index in [1.54, 1.807) is 27.4 Å². The standard InChI is InChI=1S/C25H21N5O2/c1-16-9-10-19(17(2)12-16)27-23(31)15-29-21-7-3-4-8-22(21)30-24(32)13-20(28-25(29)30)18-6-5-11-26-14-18/h3-14H,15H2,1-2H3,(H,27,31). The molecule has 0 fully saturated rings. The molecular formula is C25H21N5O2. The van der Waals surface area contributed by atoms with Crippen LogP contribution in [0.4, 0.5) is 5.69 Å². The van der Waals surface area contributed by atoms with E-state index < -0.39 is 0 Å². The van der Waals surface area contributed by atoms with Gasteiger partial charge >= 0.3 is 0 Å². The first-order valence-electron chi connectivity index (χ1n) is 10.3. The van der Waals surface area contributed by atoms with Crippen molar-refractivity contribution in [2.45, 2.75) is 20.4 Å². The summed E-state index contributed by atoms with van der Waals surface area (Å²) < 4.78 is 3.31. The largest absolute Gasteiger partial charge is 0.324 e. The van der Waals surface area contributed by atoms with E-state index in [1.165, 1.54) is 6.07 Å². The number of nitrogens with zero attached hydrogens (tertiary/aromatic N) is 4. The minimum Gasteiger partial charge on any atom is -0.324 e. The molecule has 0 aliphatic carbocycles. The lowest BCUT2D eigenvalue weighted by molar-refractivity contribution is -0.116. The zero-order chi connectivity index (χ0) is 22.2. The van der Waals surface area contributed by atoms with Gasteiger partial charge in [0.25, 0.3) is 5.56 Å². The first kappa shape index (κ1) is 19.7. The van der Waals surface area contributed by atoms with Gasteiger partial charge in [-0.25, -0.2) is 9.38 Å². The van der Waals surface area contributed by atoms with Crippen LogP contribution in [-0.2, 0) is 11.3 Å². The van der Waals surface area contributed by atoms with Gasteiger partial charge in [-0.1, -0.05) is 29.8 Å². The molecule has 7 nitrogen and oxygen atoms in total. The van der Waals surface area contributed by atoms with Gasteiger partial charge in [0, 0.05) is 29.7 Å². The summed E-state index contributed by atoms with van der Waals surface area (Å²) in [6.45, 7) is 4.00. The number of hydrogen-bond acceptors (Lipinski definition) is 4. The molecule has 32 heavy (non-hydrogen) atoms. The fraction of sp³-hybridized carbons (Fsp3) is 0.120. The monoisotopic (exact) mass is 423 g/mol. The number of amides is 1. The number of rotatable bonds is 4. The van der Waals surface area contributed by atoms with Crippen molar-refractivity contribution < 1.29 is 4.79 Å². The Bertz CT molecular complexity index is 1530. The number of hydrogen-bond donors (Lipinski definition) is 1. The smallest absolute Gasteiger partial charge is 0.260 e. The lowest BCUT2D eigenvalue weighted by atomic mass is 10.1. The van der Waals surface area contributed by atoms with E-state index in [9.17, 15) is 9.59 Å². The lowest BCUT2D eigenvalue weighted by Gasteiger charge is -2.11. The van der Waals surface area contributed by atoms with E-state index in [0.29, 0.717) is 17.0 Å². The zero-order valence-electron chi connectivity index (χ0n) is 17.7. The third kappa shape index (κ3) is 3.43. The Morgan fingerprint density at radius 2 is 1.81 bits per heavy atom. The van der Waals surface area contributed by atoms with E-state index in [-0.39, 0.29) is 18.0 Å². The first-order valence-corrected chi connectivity index (χ1v) is 10.3. The minimum absolute atomic E-state index is 0.0211. The number of para-hydroxylation sites is 2. The number of anilines is 1. The normalized spacial score (nSPS) is 11.2. The maximum absolute atomic E-state index is 13.0. The highest BCUT2D eigenvalue weighted by Gasteiger charge is 2.17. The summed E-state index contributed by atoms with van der Waals surface area (Å²) in [5.74, 6) is 0.217. The number of fused-ring (bicyclic) bond motifs is 3. The summed E-state index contributed by atoms with van der Waals surface area (Å²) in [5.41, 5.74) is 5.41. The molecule has 0 unspecified atom stereocenters. The molecule has 0 saturated heterocycles. The molecular weight excluding hydrogens is 402 g/mol. The fourth-order valence-electron chi connectivity index (χ4n) is 3.97. The van der Waals surface area contributed by atoms with Crippen LogP contribution in [0.1, 0.15) is 11.1 Å². The molecule has 1 amide bonds. The van der Waals surface area contributed by atoms with Crippen LogP contribution in [0.15, 0.2) is 77.9 Å². The molecule has 5 rings (SSSR count). The number of nitrogens with one attached hydrogen (secondary N) is 1. The number of pyridine rings is 1. The molecule has 0 bridgehead atoms. The summed E-state index contributed by atoms with van der Waals surface area (Å²) in [5, 5.41) is 2.98. The van der Waals surface area contributed by atoms with E-state index in [2.05, 4.69) is 10.3 Å². The molecule has 5 aromatic rings. The van der Waals surface area contributed by atoms with Gasteiger partial charge in [0.15, 0.2) is 0 Å². The maximum atomic E-state index is 13.0. The van der Waals surface area contributed by atoms with E-state index in [0.717, 1.165) is 27.9 Å². The molecule has 0 saturated carbocycles. The van der Waals surface area contributed by atoms with Gasteiger partial charge in [-0.2, -0.15) is 0 Å². The van der Waals surface area contributed by atoms with Crippen molar-refractivity contribution in [2.75, 3.05) is 5.32 Å². The number of carbonyl (C=O) groups is 1. The SMILES string of the molecule is Cc1ccc(NC(=O)Cn2c3ccccc3n3c(=O)cc(-c4cccnc4)nc23)c(C)c1. The Hall–Kier alpha value is -4.26. The molecule has 0 radical (unpaired) electrons. The Kier molecular flexibility index (Phi) is 4.78. The molecule has 1 N–H and O–H groups in total. The van der Waals surface area contributed by atoms with Gasteiger partial charge in [0.1, 0.15) is 6.54 Å². The number of aromatic nitrogens is 4. The van der Waals surface area contributed by atoms with Gasteiger partial charge < -0.3 is 9.88 Å². The van der Waals surface area contributed by atoms with Crippen molar-refractivity contribution in [2.24, 2.45) is 0 Å². The average Bonchev–Trinajstić information content (AvgIpc) is 3.10. The Balaban J connectivity index is 1.63. The van der Waals surface area contributed by atoms with Crippen molar-refractivity contribution in [3.8, 4) is 11.3 Å². The predicted octanol–water partition coefficient (Wildman–Crippen LogP) is 3.97. The second kappa shape index (κ2) is 7.77. The third-order valence-electron chi connectivity index (χ3n) is 5.47. The molecule has 2 aromatic carbocycles. The maximum Gasteiger partial charge on any atom is 0.260 e. The highest BCUT2D eigenvalue weighted by Crippen LogP contribution is 2.22. The third-order valence-corrected chi connectivity index (χ3v) is 5.47. The topological polar surface area (TPSA) is 81.3 Å². The Morgan fingerprint density at radius 1 is 1.00 bits per heavy atom. The van der Waals surface area contributed by atoms with Gasteiger partial charge in [-0.3, -0.25) is 14.6 Å². The van der Waals surface area contributed by atoms with Crippen LogP contribution in [0.2, 0.25) is 0 Å². The fourth-order valence-corrected chi connectivity index (χ4v) is 3.97. The Labute approximate surface area is 184 Å². The first-order chi connectivity index (χ1) is 15.5. The Morgan fingerprint density at radius 3 is 2.56 bits per heavy atom. The van der Waals surface area contributed by atoms with E-state index >= 15 is 0 Å². The van der Waals surface area contributed by atoms with Gasteiger partial charge in [-0.15, -0.1) is 0 Å². The van der Waals surface area contributed by atoms with Crippen molar-refractivity contribution in [3.05, 3.63) is 94.5 Å². The molecule has 3 aromatic heterocycles. The predicted molar refractivity (Wildman–Crippen MR) is 125 cm³/mol. The quantitative estimate of drug-likeness (QED) is 0.474. The second-order valence-electron chi connectivity index (χ2n) is 7.80. The molecule has 158 valence electrons. The van der Waals surface area contributed by atoms with E-state index in [4.69, 9.17) is 4.98 Å². The average molecular weight is 423 g/mol. The van der Waals surface area contributed by atoms with Crippen molar-refractivity contribution >= 4 is 28.4 Å². The summed E-state index contributed by atoms with van der Waals surface area (Å²) in [6, 6.07) is 18.5. The van der Waals surface area contributed by atoms with E-state index in [1.807, 2.05) is 62.4 Å². The van der Waals surface area contributed by atoms with Crippen molar-refractivity contribution in [3.63, 3.8) is 0 Å². The minimum atomic E-state index is -0.210. The van der Waals surface area contributed by atoms with Crippen LogP contribution >= 0.6 is 0 Å².